The molecule has 150 heavy (non-hydrogen) atoms. The number of anilines is 5. The predicted octanol–water partition coefficient (Wildman–Crippen LogP) is 17.4. The Labute approximate surface area is 879 Å². The van der Waals surface area contributed by atoms with Crippen LogP contribution in [0.4, 0.5) is 80.1 Å². The van der Waals surface area contributed by atoms with Crippen LogP contribution in [-0.2, 0) is 67.9 Å². The average molecular weight is 2050 g/mol. The maximum absolute atomic E-state index is 14.4. The number of aromatic nitrogens is 15. The van der Waals surface area contributed by atoms with Gasteiger partial charge in [-0.2, -0.15) is 0 Å². The summed E-state index contributed by atoms with van der Waals surface area (Å²) < 4.78 is 248. The molecule has 5 aromatic carbocycles. The lowest BCUT2D eigenvalue weighted by atomic mass is 10.0. The van der Waals surface area contributed by atoms with Crippen molar-refractivity contribution < 1.29 is 92.9 Å². The van der Waals surface area contributed by atoms with E-state index in [0.29, 0.717) is 44.7 Å². The number of hydrogen-bond donors (Lipinski definition) is 5. The van der Waals surface area contributed by atoms with Crippen molar-refractivity contribution in [3.05, 3.63) is 322 Å². The number of amides is 5. The molecule has 10 N–H and O–H groups in total. The van der Waals surface area contributed by atoms with E-state index in [-0.39, 0.29) is 220 Å². The van der Waals surface area contributed by atoms with Crippen molar-refractivity contribution in [2.45, 2.75) is 97.6 Å². The number of rotatable bonds is 0. The Balaban J connectivity index is 0.000000146. The van der Waals surface area contributed by atoms with E-state index >= 15 is 0 Å². The van der Waals surface area contributed by atoms with Crippen LogP contribution in [0.3, 0.4) is 0 Å². The van der Waals surface area contributed by atoms with Crippen molar-refractivity contribution in [2.24, 2.45) is 35.2 Å². The van der Waals surface area contributed by atoms with Crippen molar-refractivity contribution >= 4 is 87.7 Å². The van der Waals surface area contributed by atoms with Gasteiger partial charge in [0.1, 0.15) is 88.0 Å². The summed E-state index contributed by atoms with van der Waals surface area (Å²) >= 11 is 0. The SMILES string of the molecule is [2H]C([2H])([2H])N1Cc2nn(C)c([N+]#[C-])c2-c2cnc(N)c(c2)O[C@]([2H])(C([2H])([2H])[2H])c2cc(F)ccc2C1=O.[2H]C([2H])([2H])[C@@]1([2H])Oc2cc(cnc2N)-c2c(nn(C)c2[N+]#[C-])CN(C)C(=O)c2ccc(F)cc21.[2H]C1([2H])c2nn(C)c([N+]#[C-])c2-c2cnc(N)c(c2)O[C@@H](C)c2cc(F)ccc2C(=O)N1C.[2H]c1nc(N)c2c([2H])c1-c1c(nn(C)c1[N+]#[C-])CN(C)C(=O)c1ccc(F)cc1[C@@H](C)O2.[2H]c1nc(N)c2c([2H])c1-c1c(nn(C)c1[N+]#[C-])CN(C)C(=O)c1ccc(F)cc1[C@H](C)O2. The van der Waals surface area contributed by atoms with E-state index in [0.717, 1.165) is 41.3 Å². The van der Waals surface area contributed by atoms with Crippen LogP contribution >= 0.6 is 0 Å². The van der Waals surface area contributed by atoms with Gasteiger partial charge in [-0.1, -0.05) is 32.9 Å². The highest BCUT2D eigenvalue weighted by molar-refractivity contribution is 6.00. The molecule has 0 fully saturated rings. The van der Waals surface area contributed by atoms with E-state index in [4.69, 9.17) is 109 Å². The minimum Gasteiger partial charge on any atom is -0.482 e. The largest absolute Gasteiger partial charge is 0.482 e. The molecule has 15 heterocycles. The molecule has 0 saturated heterocycles. The number of benzene rings is 5. The van der Waals surface area contributed by atoms with Crippen LogP contribution in [-0.4, -0.2) is 163 Å². The zero-order valence-electron chi connectivity index (χ0n) is 98.2. The first kappa shape index (κ1) is 82.7. The number of halogens is 5. The first-order valence-electron chi connectivity index (χ1n) is 53.0. The molecule has 0 spiro atoms. The number of hydrogen-bond acceptors (Lipinski definition) is 25. The average Bonchev–Trinajstić information content (AvgIpc) is 1.65. The third-order valence-corrected chi connectivity index (χ3v) is 24.0. The quantitative estimate of drug-likeness (QED) is 0.0695. The van der Waals surface area contributed by atoms with Crippen molar-refractivity contribution in [2.75, 3.05) is 63.8 Å². The van der Waals surface area contributed by atoms with Gasteiger partial charge in [0, 0.05) is 162 Å². The molecule has 5 aliphatic rings. The van der Waals surface area contributed by atoms with E-state index in [9.17, 15) is 45.9 Å². The van der Waals surface area contributed by atoms with Crippen molar-refractivity contribution in [3.8, 4) is 84.4 Å². The monoisotopic (exact) mass is 2050 g/mol. The van der Waals surface area contributed by atoms with Crippen LogP contribution in [0, 0.1) is 61.9 Å². The van der Waals surface area contributed by atoms with Crippen molar-refractivity contribution in [1.29, 1.82) is 0 Å². The van der Waals surface area contributed by atoms with Gasteiger partial charge in [-0.05, 0) is 184 Å². The summed E-state index contributed by atoms with van der Waals surface area (Å²) in [5, 5.41) is 21.5. The Morgan fingerprint density at radius 2 is 0.587 bits per heavy atom. The molecule has 45 heteroatoms. The van der Waals surface area contributed by atoms with Crippen LogP contribution in [0.25, 0.3) is 79.9 Å². The molecular weight excluding hydrogens is 1940 g/mol. The minimum absolute atomic E-state index is 0.0117. The minimum atomic E-state index is -3.33. The van der Waals surface area contributed by atoms with Gasteiger partial charge in [0.25, 0.3) is 58.6 Å². The number of carbonyl (C=O) groups excluding carboxylic acids is 5. The van der Waals surface area contributed by atoms with Gasteiger partial charge >= 0.3 is 0 Å². The summed E-state index contributed by atoms with van der Waals surface area (Å²) in [6, 6.07) is 20.0. The highest BCUT2D eigenvalue weighted by Gasteiger charge is 2.37. The maximum Gasteiger partial charge on any atom is 0.260 e. The van der Waals surface area contributed by atoms with Crippen molar-refractivity contribution in [1.82, 2.24) is 98.3 Å². The number of nitrogens with zero attached hydrogens (tertiary/aromatic N) is 25. The van der Waals surface area contributed by atoms with Gasteiger partial charge in [-0.15, -0.1) is 25.5 Å². The second-order valence-electron chi connectivity index (χ2n) is 34.1. The highest BCUT2D eigenvalue weighted by atomic mass is 19.1. The molecule has 10 aromatic heterocycles. The van der Waals surface area contributed by atoms with E-state index in [1.165, 1.54) is 152 Å². The molecule has 20 rings (SSSR count). The summed E-state index contributed by atoms with van der Waals surface area (Å²) in [6.07, 6.45) is -5.20. The molecular formula is C105H95F5N30O10. The Hall–Kier alpha value is -19.6. The normalized spacial score (nSPS) is 19.1. The first-order chi connectivity index (χ1) is 78.3. The second-order valence-corrected chi connectivity index (χ2v) is 34.1. The van der Waals surface area contributed by atoms with Crippen LogP contribution in [0.2, 0.25) is 0 Å². The van der Waals surface area contributed by atoms with Gasteiger partial charge < -0.3 is 101 Å². The molecule has 5 aliphatic heterocycles. The molecule has 0 aliphatic carbocycles. The Morgan fingerprint density at radius 3 is 0.887 bits per heavy atom. The van der Waals surface area contributed by atoms with E-state index in [1.54, 1.807) is 56.0 Å². The number of nitrogen functional groups attached to an aromatic ring is 5. The van der Waals surface area contributed by atoms with Crippen LogP contribution in [0.1, 0.15) is 196 Å². The van der Waals surface area contributed by atoms with Crippen molar-refractivity contribution in [3.63, 3.8) is 0 Å². The summed E-state index contributed by atoms with van der Waals surface area (Å²) in [5.74, 6) is -8.15. The Kier molecular flexibility index (Phi) is 23.1. The van der Waals surface area contributed by atoms with Crippen LogP contribution in [0.5, 0.6) is 28.7 Å². The number of fused-ring (bicyclic) bond motifs is 25. The lowest BCUT2D eigenvalue weighted by molar-refractivity contribution is 0.0771. The zero-order valence-corrected chi connectivity index (χ0v) is 81.2. The van der Waals surface area contributed by atoms with Crippen LogP contribution < -0.4 is 52.4 Å². The molecule has 40 nitrogen and oxygen atoms in total. The molecule has 5 atom stereocenters. The van der Waals surface area contributed by atoms with Gasteiger partial charge in [0.05, 0.1) is 78.9 Å². The summed E-state index contributed by atoms with van der Waals surface area (Å²) in [6.45, 7) is 30.0. The predicted molar refractivity (Wildman–Crippen MR) is 542 cm³/mol. The molecule has 15 aromatic rings. The molecule has 5 amide bonds. The zero-order chi connectivity index (χ0) is 123. The fourth-order valence-electron chi connectivity index (χ4n) is 16.8. The molecule has 760 valence electrons. The topological polar surface area (TPSA) is 453 Å². The van der Waals surface area contributed by atoms with E-state index in [2.05, 4.69) is 74.6 Å². The molecule has 0 unspecified atom stereocenters. The fraction of sp³-hybridized carbons (Fsp3) is 0.238. The smallest absolute Gasteiger partial charge is 0.260 e. The van der Waals surface area contributed by atoms with Gasteiger partial charge in [0.2, 0.25) is 0 Å². The van der Waals surface area contributed by atoms with E-state index < -0.39 is 140 Å². The number of aryl methyl sites for hydroxylation is 5. The Morgan fingerprint density at radius 1 is 0.340 bits per heavy atom. The van der Waals surface area contributed by atoms with Gasteiger partial charge in [-0.25, -0.2) is 70.3 Å². The summed E-state index contributed by atoms with van der Waals surface area (Å²) in [5.41, 5.74) is 31.9. The van der Waals surface area contributed by atoms with E-state index in [1.807, 2.05) is 0 Å². The summed E-state index contributed by atoms with van der Waals surface area (Å²) in [4.78, 5) is 110. The first-order valence-corrected chi connectivity index (χ1v) is 44.5. The molecule has 0 saturated carbocycles. The number of ether oxygens (including phenoxy) is 5. The highest BCUT2D eigenvalue weighted by Crippen LogP contribution is 2.47. The van der Waals surface area contributed by atoms with Gasteiger partial charge in [-0.3, -0.25) is 24.0 Å². The lowest BCUT2D eigenvalue weighted by Crippen LogP contribution is -2.28. The number of pyridine rings is 5. The van der Waals surface area contributed by atoms with Crippen LogP contribution in [0.15, 0.2) is 152 Å². The molecule has 0 radical (unpaired) electrons. The summed E-state index contributed by atoms with van der Waals surface area (Å²) in [7, 11) is 13.5. The lowest BCUT2D eigenvalue weighted by Gasteiger charge is -2.23. The number of carbonyl (C=O) groups is 5. The fourth-order valence-corrected chi connectivity index (χ4v) is 16.8. The molecule has 10 bridgehead atoms. The Bertz CT molecular complexity index is 8930. The number of nitrogens with two attached hydrogens (primary N) is 5. The maximum atomic E-state index is 14.4. The standard InChI is InChI=1S/5C21H19FN6O2/c5*1-11-15-8-13(22)5-6-14(15)21(29)27(3)10-16-18(20(24-2)28(4)26-16)12-7-17(30-11)19(23)25-9-12/h5*5-9,11H,10H2,1,3-4H3,(H2,23,25)/t5*11-/m11100/s1/i1D3,3D3,11D;7D,9D;1D3,11D;7D,9D;10D2. The third-order valence-electron chi connectivity index (χ3n) is 24.0. The third kappa shape index (κ3) is 20.3. The van der Waals surface area contributed by atoms with Gasteiger partial charge in [0.15, 0.2) is 57.8 Å². The second kappa shape index (κ2) is 42.0.